The zero-order valence-electron chi connectivity index (χ0n) is 19.6. The van der Waals surface area contributed by atoms with Crippen LogP contribution in [0, 0.1) is 6.92 Å². The number of nitrogens with zero attached hydrogens (tertiary/aromatic N) is 4. The highest BCUT2D eigenvalue weighted by atomic mass is 35.5. The first-order valence-corrected chi connectivity index (χ1v) is 12.1. The minimum atomic E-state index is -0.369. The van der Waals surface area contributed by atoms with E-state index in [1.54, 1.807) is 6.26 Å². The number of halogens is 1. The number of carbonyl (C=O) groups excluding carboxylic acids is 1. The molecule has 2 aromatic carbocycles. The maximum absolute atomic E-state index is 13.7. The van der Waals surface area contributed by atoms with Crippen molar-refractivity contribution >= 4 is 17.6 Å². The molecule has 0 spiro atoms. The molecule has 1 N–H and O–H groups in total. The van der Waals surface area contributed by atoms with Crippen molar-refractivity contribution in [2.45, 2.75) is 26.1 Å². The third-order valence-corrected chi connectivity index (χ3v) is 6.74. The Kier molecular flexibility index (Phi) is 5.62. The lowest BCUT2D eigenvalue weighted by Gasteiger charge is -2.31. The van der Waals surface area contributed by atoms with Gasteiger partial charge in [-0.3, -0.25) is 0 Å². The second-order valence-corrected chi connectivity index (χ2v) is 9.20. The van der Waals surface area contributed by atoms with Crippen LogP contribution in [0.25, 0.3) is 11.5 Å². The lowest BCUT2D eigenvalue weighted by molar-refractivity contribution is 0.179. The number of aromatic nitrogens is 3. The maximum Gasteiger partial charge on any atom is 0.318 e. The highest BCUT2D eigenvalue weighted by Crippen LogP contribution is 2.39. The summed E-state index contributed by atoms with van der Waals surface area (Å²) in [5, 5.41) is 8.53. The third kappa shape index (κ3) is 3.87. The normalized spacial score (nSPS) is 14.7. The zero-order chi connectivity index (χ0) is 24.6. The SMILES string of the molecule is Cc1nn(-c2ccccc2)c2c1CN(C(=O)NCc1ccco1)[C@H](c1cccc(Cl)c1)c1cccn1-2. The van der Waals surface area contributed by atoms with Crippen LogP contribution in [0.1, 0.15) is 34.3 Å². The summed E-state index contributed by atoms with van der Waals surface area (Å²) < 4.78 is 9.51. The van der Waals surface area contributed by atoms with Gasteiger partial charge in [0.1, 0.15) is 11.6 Å². The molecule has 1 aliphatic heterocycles. The minimum absolute atomic E-state index is 0.205. The molecule has 0 bridgehead atoms. The van der Waals surface area contributed by atoms with E-state index in [1.165, 1.54) is 0 Å². The molecule has 36 heavy (non-hydrogen) atoms. The van der Waals surface area contributed by atoms with E-state index < -0.39 is 0 Å². The van der Waals surface area contributed by atoms with Gasteiger partial charge in [0, 0.05) is 16.8 Å². The van der Waals surface area contributed by atoms with Gasteiger partial charge in [0.25, 0.3) is 0 Å². The summed E-state index contributed by atoms with van der Waals surface area (Å²) in [5.41, 5.74) is 4.67. The zero-order valence-corrected chi connectivity index (χ0v) is 20.4. The second-order valence-electron chi connectivity index (χ2n) is 8.76. The summed E-state index contributed by atoms with van der Waals surface area (Å²) in [5.74, 6) is 1.61. The van der Waals surface area contributed by atoms with Gasteiger partial charge in [-0.25, -0.2) is 9.48 Å². The number of rotatable bonds is 4. The van der Waals surface area contributed by atoms with Crippen LogP contribution in [0.4, 0.5) is 4.79 Å². The first-order chi connectivity index (χ1) is 17.6. The number of hydrogen-bond donors (Lipinski definition) is 1. The number of carbonyl (C=O) groups is 1. The molecule has 0 aliphatic carbocycles. The molecule has 7 nitrogen and oxygen atoms in total. The Morgan fingerprint density at radius 2 is 1.94 bits per heavy atom. The molecule has 1 aliphatic rings. The predicted octanol–water partition coefficient (Wildman–Crippen LogP) is 6.03. The van der Waals surface area contributed by atoms with Crippen molar-refractivity contribution in [2.75, 3.05) is 0 Å². The van der Waals surface area contributed by atoms with Crippen molar-refractivity contribution in [2.24, 2.45) is 0 Å². The standard InChI is InChI=1S/C28H24ClN5O2/c1-19-24-18-33(28(35)30-17-23-12-7-15-36-23)26(20-8-5-9-21(29)16-20)25-13-6-14-32(25)27(24)34(31-19)22-10-3-2-4-11-22/h2-16,26H,17-18H2,1H3,(H,30,35)/t26-/m1/s1. The van der Waals surface area contributed by atoms with E-state index in [0.29, 0.717) is 23.9 Å². The van der Waals surface area contributed by atoms with Crippen molar-refractivity contribution in [3.63, 3.8) is 0 Å². The van der Waals surface area contributed by atoms with Gasteiger partial charge in [0.05, 0.1) is 42.5 Å². The summed E-state index contributed by atoms with van der Waals surface area (Å²) in [6.07, 6.45) is 3.62. The van der Waals surface area contributed by atoms with Gasteiger partial charge in [-0.05, 0) is 61.0 Å². The van der Waals surface area contributed by atoms with Gasteiger partial charge in [0.2, 0.25) is 0 Å². The Morgan fingerprint density at radius 1 is 1.08 bits per heavy atom. The molecule has 0 fully saturated rings. The van der Waals surface area contributed by atoms with E-state index in [1.807, 2.05) is 102 Å². The topological polar surface area (TPSA) is 68.2 Å². The van der Waals surface area contributed by atoms with E-state index >= 15 is 0 Å². The number of para-hydroxylation sites is 1. The monoisotopic (exact) mass is 497 g/mol. The van der Waals surface area contributed by atoms with Gasteiger partial charge in [-0.15, -0.1) is 0 Å². The molecule has 0 unspecified atom stereocenters. The van der Waals surface area contributed by atoms with Gasteiger partial charge < -0.3 is 19.2 Å². The van der Waals surface area contributed by atoms with Crippen LogP contribution >= 0.6 is 11.6 Å². The molecular weight excluding hydrogens is 474 g/mol. The highest BCUT2D eigenvalue weighted by Gasteiger charge is 2.36. The van der Waals surface area contributed by atoms with Crippen LogP contribution in [0.15, 0.2) is 95.7 Å². The molecule has 180 valence electrons. The van der Waals surface area contributed by atoms with Crippen LogP contribution in [0.5, 0.6) is 0 Å². The van der Waals surface area contributed by atoms with Gasteiger partial charge in [0.15, 0.2) is 0 Å². The number of fused-ring (bicyclic) bond motifs is 3. The molecule has 3 aromatic heterocycles. The summed E-state index contributed by atoms with van der Waals surface area (Å²) in [6, 6.07) is 24.8. The van der Waals surface area contributed by atoms with Crippen LogP contribution < -0.4 is 5.32 Å². The molecule has 6 rings (SSSR count). The van der Waals surface area contributed by atoms with Crippen LogP contribution in [-0.2, 0) is 13.1 Å². The average Bonchev–Trinajstić information content (AvgIpc) is 3.63. The van der Waals surface area contributed by atoms with E-state index in [9.17, 15) is 4.79 Å². The number of hydrogen-bond acceptors (Lipinski definition) is 3. The summed E-state index contributed by atoms with van der Waals surface area (Å²) in [4.78, 5) is 15.6. The molecule has 2 amide bonds. The molecule has 1 atom stereocenters. The van der Waals surface area contributed by atoms with Crippen LogP contribution in [-0.4, -0.2) is 25.3 Å². The molecule has 0 radical (unpaired) electrons. The van der Waals surface area contributed by atoms with Crippen LogP contribution in [0.2, 0.25) is 5.02 Å². The number of aryl methyl sites for hydroxylation is 1. The van der Waals surface area contributed by atoms with E-state index in [4.69, 9.17) is 21.1 Å². The first-order valence-electron chi connectivity index (χ1n) is 11.7. The summed E-state index contributed by atoms with van der Waals surface area (Å²) in [7, 11) is 0. The fraction of sp³-hybridized carbons (Fsp3) is 0.143. The maximum atomic E-state index is 13.7. The molecule has 0 saturated carbocycles. The lowest BCUT2D eigenvalue weighted by atomic mass is 10.0. The fourth-order valence-electron chi connectivity index (χ4n) is 4.85. The Balaban J connectivity index is 1.51. The molecule has 8 heteroatoms. The number of benzene rings is 2. The number of furan rings is 1. The first kappa shape index (κ1) is 22.2. The van der Waals surface area contributed by atoms with Crippen molar-refractivity contribution in [3.8, 4) is 11.5 Å². The van der Waals surface area contributed by atoms with E-state index in [2.05, 4.69) is 9.88 Å². The van der Waals surface area contributed by atoms with E-state index in [0.717, 1.165) is 34.0 Å². The van der Waals surface area contributed by atoms with Gasteiger partial charge >= 0.3 is 6.03 Å². The van der Waals surface area contributed by atoms with Crippen molar-refractivity contribution in [1.82, 2.24) is 24.6 Å². The molecule has 4 heterocycles. The number of amides is 2. The van der Waals surface area contributed by atoms with Crippen molar-refractivity contribution in [1.29, 1.82) is 0 Å². The molecule has 0 saturated heterocycles. The average molecular weight is 498 g/mol. The number of urea groups is 1. The second kappa shape index (κ2) is 9.09. The lowest BCUT2D eigenvalue weighted by Crippen LogP contribution is -2.41. The smallest absolute Gasteiger partial charge is 0.318 e. The quantitative estimate of drug-likeness (QED) is 0.329. The minimum Gasteiger partial charge on any atom is -0.467 e. The fourth-order valence-corrected chi connectivity index (χ4v) is 5.05. The highest BCUT2D eigenvalue weighted by molar-refractivity contribution is 6.30. The van der Waals surface area contributed by atoms with E-state index in [-0.39, 0.29) is 12.1 Å². The van der Waals surface area contributed by atoms with Crippen molar-refractivity contribution < 1.29 is 9.21 Å². The third-order valence-electron chi connectivity index (χ3n) is 6.51. The van der Waals surface area contributed by atoms with Gasteiger partial charge in [-0.2, -0.15) is 5.10 Å². The largest absolute Gasteiger partial charge is 0.467 e. The number of nitrogens with one attached hydrogen (secondary N) is 1. The van der Waals surface area contributed by atoms with Crippen molar-refractivity contribution in [3.05, 3.63) is 125 Å². The summed E-state index contributed by atoms with van der Waals surface area (Å²) >= 11 is 6.41. The molecule has 5 aromatic rings. The summed E-state index contributed by atoms with van der Waals surface area (Å²) in [6.45, 7) is 2.65. The molecular formula is C28H24ClN5O2. The Labute approximate surface area is 213 Å². The Hall–Kier alpha value is -4.23. The Morgan fingerprint density at radius 3 is 2.72 bits per heavy atom. The van der Waals surface area contributed by atoms with Gasteiger partial charge in [-0.1, -0.05) is 41.9 Å². The predicted molar refractivity (Wildman–Crippen MR) is 137 cm³/mol. The Bertz CT molecular complexity index is 1520. The van der Waals surface area contributed by atoms with Crippen LogP contribution in [0.3, 0.4) is 0 Å².